The number of hydrogen-bond donors (Lipinski definition) is 1. The summed E-state index contributed by atoms with van der Waals surface area (Å²) in [6.07, 6.45) is 11.1. The third-order valence-corrected chi connectivity index (χ3v) is 4.72. The third kappa shape index (κ3) is 2.83. The Labute approximate surface area is 129 Å². The molecule has 0 aromatic heterocycles. The molecule has 21 heavy (non-hydrogen) atoms. The van der Waals surface area contributed by atoms with E-state index in [-0.39, 0.29) is 0 Å². The lowest BCUT2D eigenvalue weighted by molar-refractivity contribution is 0.981. The highest BCUT2D eigenvalue weighted by Crippen LogP contribution is 2.34. The van der Waals surface area contributed by atoms with E-state index < -0.39 is 0 Å². The quantitative estimate of drug-likeness (QED) is 0.781. The van der Waals surface area contributed by atoms with Gasteiger partial charge in [0.15, 0.2) is 0 Å². The van der Waals surface area contributed by atoms with Gasteiger partial charge in [0, 0.05) is 5.70 Å². The Morgan fingerprint density at radius 3 is 2.48 bits per heavy atom. The molecular formula is C20H27N. The van der Waals surface area contributed by atoms with Gasteiger partial charge in [0.2, 0.25) is 0 Å². The second-order valence-corrected chi connectivity index (χ2v) is 5.88. The fourth-order valence-electron chi connectivity index (χ4n) is 3.41. The number of fused-ring (bicyclic) bond motifs is 1. The van der Waals surface area contributed by atoms with Crippen molar-refractivity contribution in [3.8, 4) is 0 Å². The van der Waals surface area contributed by atoms with Crippen LogP contribution >= 0.6 is 0 Å². The van der Waals surface area contributed by atoms with Gasteiger partial charge in [0.05, 0.1) is 0 Å². The Morgan fingerprint density at radius 1 is 1.24 bits per heavy atom. The van der Waals surface area contributed by atoms with Crippen molar-refractivity contribution in [3.05, 3.63) is 63.4 Å². The largest absolute Gasteiger partial charge is 0.399 e. The summed E-state index contributed by atoms with van der Waals surface area (Å²) in [6, 6.07) is 0. The molecule has 1 aromatic rings. The molecular weight excluding hydrogens is 254 g/mol. The van der Waals surface area contributed by atoms with Gasteiger partial charge in [-0.05, 0) is 78.5 Å². The molecule has 112 valence electrons. The average Bonchev–Trinajstić information content (AvgIpc) is 2.93. The molecule has 0 amide bonds. The van der Waals surface area contributed by atoms with Gasteiger partial charge in [-0.25, -0.2) is 0 Å². The van der Waals surface area contributed by atoms with E-state index >= 15 is 0 Å². The molecule has 1 heteroatoms. The summed E-state index contributed by atoms with van der Waals surface area (Å²) in [5.74, 6) is 0. The Hall–Kier alpha value is -1.76. The van der Waals surface area contributed by atoms with Crippen LogP contribution in [-0.4, -0.2) is 0 Å². The maximum absolute atomic E-state index is 5.78. The number of allylic oxidation sites excluding steroid dienone is 3. The molecule has 0 bridgehead atoms. The summed E-state index contributed by atoms with van der Waals surface area (Å²) in [5.41, 5.74) is 16.6. The van der Waals surface area contributed by atoms with Gasteiger partial charge in [-0.15, -0.1) is 0 Å². The van der Waals surface area contributed by atoms with Crippen molar-refractivity contribution in [2.75, 3.05) is 0 Å². The van der Waals surface area contributed by atoms with Crippen molar-refractivity contribution in [2.45, 2.75) is 53.4 Å². The first-order chi connectivity index (χ1) is 10.0. The van der Waals surface area contributed by atoms with Crippen molar-refractivity contribution < 1.29 is 0 Å². The van der Waals surface area contributed by atoms with Crippen LogP contribution in [0.1, 0.15) is 54.2 Å². The SMILES string of the molecule is C=C(N)/C(C)=C/Cc1c(C)c(CC)c2c(c1CC)CC=C2. The van der Waals surface area contributed by atoms with Gasteiger partial charge in [0.1, 0.15) is 0 Å². The first kappa shape index (κ1) is 15.6. The van der Waals surface area contributed by atoms with Crippen LogP contribution in [0.4, 0.5) is 0 Å². The fraction of sp³-hybridized carbons (Fsp3) is 0.400. The summed E-state index contributed by atoms with van der Waals surface area (Å²) in [6.45, 7) is 12.7. The molecule has 0 fully saturated rings. The predicted molar refractivity (Wildman–Crippen MR) is 93.5 cm³/mol. The van der Waals surface area contributed by atoms with Crippen molar-refractivity contribution in [1.29, 1.82) is 0 Å². The zero-order valence-electron chi connectivity index (χ0n) is 13.8. The van der Waals surface area contributed by atoms with Crippen LogP contribution in [0.5, 0.6) is 0 Å². The lowest BCUT2D eigenvalue weighted by Gasteiger charge is -2.20. The Bertz CT molecular complexity index is 630. The van der Waals surface area contributed by atoms with Crippen LogP contribution < -0.4 is 5.73 Å². The number of rotatable bonds is 5. The zero-order valence-corrected chi connectivity index (χ0v) is 13.8. The molecule has 1 nitrogen and oxygen atoms in total. The first-order valence-electron chi connectivity index (χ1n) is 7.95. The number of benzene rings is 1. The molecule has 0 saturated carbocycles. The smallest absolute Gasteiger partial charge is 0.0267 e. The van der Waals surface area contributed by atoms with Gasteiger partial charge in [0.25, 0.3) is 0 Å². The molecule has 0 spiro atoms. The van der Waals surface area contributed by atoms with E-state index in [0.717, 1.165) is 31.3 Å². The van der Waals surface area contributed by atoms with E-state index in [1.807, 2.05) is 6.92 Å². The summed E-state index contributed by atoms with van der Waals surface area (Å²) in [7, 11) is 0. The van der Waals surface area contributed by atoms with Crippen LogP contribution in [0.25, 0.3) is 6.08 Å². The molecule has 0 saturated heterocycles. The van der Waals surface area contributed by atoms with E-state index in [2.05, 4.69) is 45.6 Å². The van der Waals surface area contributed by atoms with Crippen molar-refractivity contribution in [1.82, 2.24) is 0 Å². The predicted octanol–water partition coefficient (Wildman–Crippen LogP) is 4.65. The maximum Gasteiger partial charge on any atom is 0.0267 e. The molecule has 0 aliphatic heterocycles. The standard InChI is InChI=1S/C20H27N/c1-6-16-14(4)18(12-11-13(3)15(5)21)17(7-2)20-10-8-9-19(16)20/h8-9,11H,5-7,10,12,21H2,1-4H3/b13-11+. The molecule has 0 radical (unpaired) electrons. The van der Waals surface area contributed by atoms with Crippen LogP contribution in [0, 0.1) is 6.92 Å². The highest BCUT2D eigenvalue weighted by molar-refractivity contribution is 5.69. The van der Waals surface area contributed by atoms with Crippen LogP contribution in [0.3, 0.4) is 0 Å². The van der Waals surface area contributed by atoms with E-state index in [1.54, 1.807) is 5.56 Å². The average molecular weight is 281 g/mol. The normalized spacial score (nSPS) is 13.6. The molecule has 0 unspecified atom stereocenters. The summed E-state index contributed by atoms with van der Waals surface area (Å²) >= 11 is 0. The topological polar surface area (TPSA) is 26.0 Å². The molecule has 1 aliphatic carbocycles. The van der Waals surface area contributed by atoms with E-state index in [9.17, 15) is 0 Å². The lowest BCUT2D eigenvalue weighted by atomic mass is 9.84. The molecule has 1 aromatic carbocycles. The Balaban J connectivity index is 2.56. The molecule has 0 atom stereocenters. The van der Waals surface area contributed by atoms with Crippen molar-refractivity contribution >= 4 is 6.08 Å². The highest BCUT2D eigenvalue weighted by Gasteiger charge is 2.19. The zero-order chi connectivity index (χ0) is 15.6. The van der Waals surface area contributed by atoms with Gasteiger partial charge in [-0.1, -0.05) is 38.7 Å². The monoisotopic (exact) mass is 281 g/mol. The van der Waals surface area contributed by atoms with E-state index in [1.165, 1.54) is 27.8 Å². The van der Waals surface area contributed by atoms with Crippen LogP contribution in [-0.2, 0) is 25.7 Å². The molecule has 0 heterocycles. The maximum atomic E-state index is 5.78. The van der Waals surface area contributed by atoms with Crippen molar-refractivity contribution in [3.63, 3.8) is 0 Å². The van der Waals surface area contributed by atoms with Gasteiger partial charge in [-0.2, -0.15) is 0 Å². The summed E-state index contributed by atoms with van der Waals surface area (Å²) < 4.78 is 0. The Kier molecular flexibility index (Phi) is 4.72. The third-order valence-electron chi connectivity index (χ3n) is 4.72. The second kappa shape index (κ2) is 6.34. The second-order valence-electron chi connectivity index (χ2n) is 5.88. The molecule has 2 rings (SSSR count). The van der Waals surface area contributed by atoms with Crippen LogP contribution in [0.15, 0.2) is 30.0 Å². The minimum atomic E-state index is 0.671. The molecule has 1 aliphatic rings. The highest BCUT2D eigenvalue weighted by atomic mass is 14.6. The molecule has 2 N–H and O–H groups in total. The van der Waals surface area contributed by atoms with Crippen molar-refractivity contribution in [2.24, 2.45) is 5.73 Å². The number of hydrogen-bond acceptors (Lipinski definition) is 1. The minimum absolute atomic E-state index is 0.671. The fourth-order valence-corrected chi connectivity index (χ4v) is 3.41. The van der Waals surface area contributed by atoms with Crippen LogP contribution in [0.2, 0.25) is 0 Å². The van der Waals surface area contributed by atoms with Gasteiger partial charge in [-0.3, -0.25) is 0 Å². The lowest BCUT2D eigenvalue weighted by Crippen LogP contribution is -2.07. The summed E-state index contributed by atoms with van der Waals surface area (Å²) in [5, 5.41) is 0. The summed E-state index contributed by atoms with van der Waals surface area (Å²) in [4.78, 5) is 0. The van der Waals surface area contributed by atoms with Gasteiger partial charge >= 0.3 is 0 Å². The minimum Gasteiger partial charge on any atom is -0.399 e. The van der Waals surface area contributed by atoms with E-state index in [4.69, 9.17) is 5.73 Å². The van der Waals surface area contributed by atoms with Gasteiger partial charge < -0.3 is 5.73 Å². The Morgan fingerprint density at radius 2 is 1.90 bits per heavy atom. The van der Waals surface area contributed by atoms with E-state index in [0.29, 0.717) is 5.70 Å². The number of nitrogens with two attached hydrogens (primary N) is 1. The first-order valence-corrected chi connectivity index (χ1v) is 7.95.